The monoisotopic (exact) mass is 354 g/mol. The van der Waals surface area contributed by atoms with Crippen molar-refractivity contribution in [2.24, 2.45) is 5.92 Å². The number of aromatic nitrogens is 1. The molecule has 2 N–H and O–H groups in total. The first-order valence-corrected chi connectivity index (χ1v) is 9.01. The number of pyridine rings is 1. The molecular formula is C20H22N2O4. The minimum atomic E-state index is -0.959. The van der Waals surface area contributed by atoms with Crippen molar-refractivity contribution in [3.63, 3.8) is 0 Å². The molecule has 0 spiro atoms. The number of nitrogens with one attached hydrogen (secondary N) is 1. The second kappa shape index (κ2) is 7.23. The lowest BCUT2D eigenvalue weighted by Gasteiger charge is -2.27. The zero-order valence-electron chi connectivity index (χ0n) is 14.5. The number of nitrogens with zero attached hydrogens (tertiary/aromatic N) is 1. The molecule has 2 aliphatic rings. The van der Waals surface area contributed by atoms with Gasteiger partial charge in [0.2, 0.25) is 0 Å². The molecule has 6 heteroatoms. The van der Waals surface area contributed by atoms with E-state index in [1.165, 1.54) is 25.1 Å². The van der Waals surface area contributed by atoms with Crippen molar-refractivity contribution < 1.29 is 19.4 Å². The van der Waals surface area contributed by atoms with Crippen LogP contribution in [0.2, 0.25) is 0 Å². The molecule has 0 saturated heterocycles. The summed E-state index contributed by atoms with van der Waals surface area (Å²) in [5.74, 6) is 1.72. The second-order valence-corrected chi connectivity index (χ2v) is 6.90. The number of carboxylic acids is 1. The third-order valence-corrected chi connectivity index (χ3v) is 4.92. The van der Waals surface area contributed by atoms with Crippen LogP contribution in [0.1, 0.15) is 41.1 Å². The standard InChI is InChI=1S/C20H22N2O4/c23-20(24)17-5-7-21-11-18(17)22-10-14-6-8-25-19-9-15(3-4-16(14)19)26-12-13-1-2-13/h3-5,7,9,11,13-14,22H,1-2,6,8,10,12H2,(H,23,24). The summed E-state index contributed by atoms with van der Waals surface area (Å²) >= 11 is 0. The molecule has 1 aromatic heterocycles. The number of ether oxygens (including phenoxy) is 2. The van der Waals surface area contributed by atoms with Crippen LogP contribution in [0.4, 0.5) is 5.69 Å². The van der Waals surface area contributed by atoms with Gasteiger partial charge in [-0.15, -0.1) is 0 Å². The zero-order valence-corrected chi connectivity index (χ0v) is 14.5. The molecule has 0 radical (unpaired) electrons. The summed E-state index contributed by atoms with van der Waals surface area (Å²) in [5, 5.41) is 12.5. The van der Waals surface area contributed by atoms with Crippen LogP contribution in [0, 0.1) is 5.92 Å². The number of benzene rings is 1. The van der Waals surface area contributed by atoms with Crippen LogP contribution in [-0.2, 0) is 0 Å². The van der Waals surface area contributed by atoms with Crippen LogP contribution < -0.4 is 14.8 Å². The Morgan fingerprint density at radius 2 is 2.19 bits per heavy atom. The van der Waals surface area contributed by atoms with E-state index in [0.717, 1.165) is 30.1 Å². The Bertz CT molecular complexity index is 804. The number of hydrogen-bond acceptors (Lipinski definition) is 5. The maximum atomic E-state index is 11.3. The van der Waals surface area contributed by atoms with E-state index >= 15 is 0 Å². The minimum absolute atomic E-state index is 0.233. The van der Waals surface area contributed by atoms with Gasteiger partial charge in [-0.25, -0.2) is 4.79 Å². The van der Waals surface area contributed by atoms with Gasteiger partial charge in [0.15, 0.2) is 0 Å². The first-order valence-electron chi connectivity index (χ1n) is 9.01. The maximum absolute atomic E-state index is 11.3. The average molecular weight is 354 g/mol. The maximum Gasteiger partial charge on any atom is 0.337 e. The molecular weight excluding hydrogens is 332 g/mol. The molecule has 1 fully saturated rings. The summed E-state index contributed by atoms with van der Waals surface area (Å²) in [6, 6.07) is 7.53. The lowest BCUT2D eigenvalue weighted by Crippen LogP contribution is -2.21. The fraction of sp³-hybridized carbons (Fsp3) is 0.400. The highest BCUT2D eigenvalue weighted by Gasteiger charge is 2.24. The first-order chi connectivity index (χ1) is 12.7. The van der Waals surface area contributed by atoms with Gasteiger partial charge in [-0.05, 0) is 42.9 Å². The number of rotatable bonds is 7. The number of carbonyl (C=O) groups is 1. The Morgan fingerprint density at radius 1 is 1.31 bits per heavy atom. The molecule has 136 valence electrons. The van der Waals surface area contributed by atoms with E-state index in [1.54, 1.807) is 6.20 Å². The lowest BCUT2D eigenvalue weighted by molar-refractivity contribution is 0.0697. The topological polar surface area (TPSA) is 80.7 Å². The van der Waals surface area contributed by atoms with Crippen LogP contribution in [0.3, 0.4) is 0 Å². The number of anilines is 1. The van der Waals surface area contributed by atoms with Gasteiger partial charge in [0.1, 0.15) is 11.5 Å². The summed E-state index contributed by atoms with van der Waals surface area (Å²) in [7, 11) is 0. The summed E-state index contributed by atoms with van der Waals surface area (Å²) in [4.78, 5) is 15.3. The molecule has 1 atom stereocenters. The van der Waals surface area contributed by atoms with Gasteiger partial charge in [-0.3, -0.25) is 4.98 Å². The zero-order chi connectivity index (χ0) is 17.9. The highest BCUT2D eigenvalue weighted by atomic mass is 16.5. The van der Waals surface area contributed by atoms with E-state index in [-0.39, 0.29) is 11.5 Å². The fourth-order valence-electron chi connectivity index (χ4n) is 3.20. The molecule has 1 aliphatic carbocycles. The van der Waals surface area contributed by atoms with E-state index < -0.39 is 5.97 Å². The molecule has 0 amide bonds. The van der Waals surface area contributed by atoms with E-state index in [1.807, 2.05) is 12.1 Å². The summed E-state index contributed by atoms with van der Waals surface area (Å²) < 4.78 is 11.7. The van der Waals surface area contributed by atoms with Crippen LogP contribution in [0.15, 0.2) is 36.7 Å². The Hall–Kier alpha value is -2.76. The Kier molecular flexibility index (Phi) is 4.65. The summed E-state index contributed by atoms with van der Waals surface area (Å²) in [5.41, 5.74) is 1.90. The highest BCUT2D eigenvalue weighted by molar-refractivity contribution is 5.93. The molecule has 2 heterocycles. The van der Waals surface area contributed by atoms with E-state index in [2.05, 4.69) is 16.4 Å². The smallest absolute Gasteiger partial charge is 0.337 e. The predicted octanol–water partition coefficient (Wildman–Crippen LogP) is 3.55. The van der Waals surface area contributed by atoms with Crippen molar-refractivity contribution in [2.45, 2.75) is 25.2 Å². The number of carboxylic acid groups (broad SMARTS) is 1. The van der Waals surface area contributed by atoms with Crippen molar-refractivity contribution in [2.75, 3.05) is 25.1 Å². The van der Waals surface area contributed by atoms with Crippen LogP contribution in [0.25, 0.3) is 0 Å². The van der Waals surface area contributed by atoms with Gasteiger partial charge in [0.05, 0.1) is 30.7 Å². The molecule has 26 heavy (non-hydrogen) atoms. The third-order valence-electron chi connectivity index (χ3n) is 4.92. The molecule has 6 nitrogen and oxygen atoms in total. The van der Waals surface area contributed by atoms with Crippen molar-refractivity contribution in [1.82, 2.24) is 4.98 Å². The molecule has 0 bridgehead atoms. The summed E-state index contributed by atoms with van der Waals surface area (Å²) in [6.07, 6.45) is 6.45. The Balaban J connectivity index is 1.45. The van der Waals surface area contributed by atoms with Gasteiger partial charge in [0, 0.05) is 24.7 Å². The molecule has 1 saturated carbocycles. The quantitative estimate of drug-likeness (QED) is 0.791. The molecule has 1 unspecified atom stereocenters. The van der Waals surface area contributed by atoms with Gasteiger partial charge in [0.25, 0.3) is 0 Å². The molecule has 4 rings (SSSR count). The van der Waals surface area contributed by atoms with E-state index in [9.17, 15) is 9.90 Å². The van der Waals surface area contributed by atoms with E-state index in [0.29, 0.717) is 24.8 Å². The van der Waals surface area contributed by atoms with Crippen molar-refractivity contribution in [3.05, 3.63) is 47.8 Å². The second-order valence-electron chi connectivity index (χ2n) is 6.90. The minimum Gasteiger partial charge on any atom is -0.493 e. The van der Waals surface area contributed by atoms with E-state index in [4.69, 9.17) is 9.47 Å². The van der Waals surface area contributed by atoms with Crippen molar-refractivity contribution in [3.8, 4) is 11.5 Å². The first kappa shape index (κ1) is 16.7. The van der Waals surface area contributed by atoms with Gasteiger partial charge >= 0.3 is 5.97 Å². The Morgan fingerprint density at radius 3 is 3.00 bits per heavy atom. The normalized spacial score (nSPS) is 18.5. The SMILES string of the molecule is O=C(O)c1ccncc1NCC1CCOc2cc(OCC3CC3)ccc21. The van der Waals surface area contributed by atoms with Crippen molar-refractivity contribution in [1.29, 1.82) is 0 Å². The number of hydrogen-bond donors (Lipinski definition) is 2. The van der Waals surface area contributed by atoms with Gasteiger partial charge < -0.3 is 19.9 Å². The largest absolute Gasteiger partial charge is 0.493 e. The van der Waals surface area contributed by atoms with Crippen LogP contribution >= 0.6 is 0 Å². The van der Waals surface area contributed by atoms with Gasteiger partial charge in [-0.1, -0.05) is 6.07 Å². The van der Waals surface area contributed by atoms with Crippen LogP contribution in [-0.4, -0.2) is 35.8 Å². The Labute approximate surface area is 152 Å². The number of aromatic carboxylic acids is 1. The van der Waals surface area contributed by atoms with Crippen LogP contribution in [0.5, 0.6) is 11.5 Å². The van der Waals surface area contributed by atoms with Crippen molar-refractivity contribution >= 4 is 11.7 Å². The molecule has 1 aromatic carbocycles. The molecule has 1 aliphatic heterocycles. The fourth-order valence-corrected chi connectivity index (χ4v) is 3.20. The lowest BCUT2D eigenvalue weighted by atomic mass is 9.93. The highest BCUT2D eigenvalue weighted by Crippen LogP contribution is 2.37. The van der Waals surface area contributed by atoms with Gasteiger partial charge in [-0.2, -0.15) is 0 Å². The predicted molar refractivity (Wildman–Crippen MR) is 97.2 cm³/mol. The third kappa shape index (κ3) is 3.74. The number of fused-ring (bicyclic) bond motifs is 1. The molecule has 2 aromatic rings. The summed E-state index contributed by atoms with van der Waals surface area (Å²) in [6.45, 7) is 2.05. The average Bonchev–Trinajstić information content (AvgIpc) is 3.49.